The lowest BCUT2D eigenvalue weighted by atomic mass is 10.2. The summed E-state index contributed by atoms with van der Waals surface area (Å²) in [6.07, 6.45) is -0.00140. The number of carbonyl (C=O) groups excluding carboxylic acids is 2. The minimum Gasteiger partial charge on any atom is -0.456 e. The molecule has 2 aromatic carbocycles. The van der Waals surface area contributed by atoms with Crippen molar-refractivity contribution in [3.05, 3.63) is 63.0 Å². The molecule has 1 heterocycles. The fourth-order valence-corrected chi connectivity index (χ4v) is 3.17. The SMILES string of the molecule is Cc1cc(NC(=O)COC(=O)CCn2c(=O)n(C)c3ccccc32)ccc1Br. The highest BCUT2D eigenvalue weighted by Gasteiger charge is 2.13. The number of carbonyl (C=O) groups is 2. The number of halogens is 1. The zero-order valence-corrected chi connectivity index (χ0v) is 17.2. The van der Waals surface area contributed by atoms with Crippen LogP contribution in [0.15, 0.2) is 51.7 Å². The Morgan fingerprint density at radius 2 is 1.86 bits per heavy atom. The number of ether oxygens (including phenoxy) is 1. The van der Waals surface area contributed by atoms with Gasteiger partial charge in [-0.25, -0.2) is 4.79 Å². The maximum atomic E-state index is 12.3. The zero-order valence-electron chi connectivity index (χ0n) is 15.6. The molecule has 0 spiro atoms. The summed E-state index contributed by atoms with van der Waals surface area (Å²) in [5.74, 6) is -0.959. The minimum absolute atomic E-state index is 0.00140. The monoisotopic (exact) mass is 445 g/mol. The molecular weight excluding hydrogens is 426 g/mol. The number of benzene rings is 2. The lowest BCUT2D eigenvalue weighted by Crippen LogP contribution is -2.25. The van der Waals surface area contributed by atoms with Crippen molar-refractivity contribution >= 4 is 44.5 Å². The molecule has 0 radical (unpaired) electrons. The molecule has 1 aromatic heterocycles. The quantitative estimate of drug-likeness (QED) is 0.591. The molecule has 0 atom stereocenters. The third kappa shape index (κ3) is 4.33. The van der Waals surface area contributed by atoms with Crippen molar-refractivity contribution in [1.82, 2.24) is 9.13 Å². The molecule has 0 fully saturated rings. The number of hydrogen-bond donors (Lipinski definition) is 1. The lowest BCUT2D eigenvalue weighted by molar-refractivity contribution is -0.147. The van der Waals surface area contributed by atoms with Crippen molar-refractivity contribution in [2.45, 2.75) is 19.9 Å². The van der Waals surface area contributed by atoms with Gasteiger partial charge in [-0.2, -0.15) is 0 Å². The molecule has 1 amide bonds. The van der Waals surface area contributed by atoms with Crippen molar-refractivity contribution in [1.29, 1.82) is 0 Å². The number of para-hydroxylation sites is 2. The normalized spacial score (nSPS) is 10.8. The standard InChI is InChI=1S/C20H20BrN3O4/c1-13-11-14(7-8-15(13)21)22-18(25)12-28-19(26)9-10-24-17-6-4-3-5-16(17)23(2)20(24)27/h3-8,11H,9-10,12H2,1-2H3,(H,22,25). The van der Waals surface area contributed by atoms with Crippen molar-refractivity contribution in [2.24, 2.45) is 7.05 Å². The van der Waals surface area contributed by atoms with Gasteiger partial charge in [-0.1, -0.05) is 28.1 Å². The summed E-state index contributed by atoms with van der Waals surface area (Å²) < 4.78 is 9.04. The van der Waals surface area contributed by atoms with Gasteiger partial charge in [0.2, 0.25) is 0 Å². The van der Waals surface area contributed by atoms with E-state index >= 15 is 0 Å². The summed E-state index contributed by atoms with van der Waals surface area (Å²) in [5.41, 5.74) is 2.97. The van der Waals surface area contributed by atoms with Gasteiger partial charge in [-0.15, -0.1) is 0 Å². The number of nitrogens with one attached hydrogen (secondary N) is 1. The maximum Gasteiger partial charge on any atom is 0.328 e. The van der Waals surface area contributed by atoms with E-state index < -0.39 is 11.9 Å². The molecule has 0 aliphatic rings. The zero-order chi connectivity index (χ0) is 20.3. The Bertz CT molecular complexity index is 1100. The Labute approximate surface area is 170 Å². The first-order chi connectivity index (χ1) is 13.4. The van der Waals surface area contributed by atoms with E-state index in [-0.39, 0.29) is 25.3 Å². The molecule has 0 aliphatic carbocycles. The van der Waals surface area contributed by atoms with Crippen molar-refractivity contribution in [3.63, 3.8) is 0 Å². The molecule has 3 rings (SSSR count). The first-order valence-electron chi connectivity index (χ1n) is 8.72. The van der Waals surface area contributed by atoms with Crippen LogP contribution in [0.4, 0.5) is 5.69 Å². The van der Waals surface area contributed by atoms with Gasteiger partial charge in [-0.3, -0.25) is 18.7 Å². The molecule has 146 valence electrons. The highest BCUT2D eigenvalue weighted by molar-refractivity contribution is 9.10. The van der Waals surface area contributed by atoms with E-state index in [1.165, 1.54) is 9.13 Å². The molecule has 0 aliphatic heterocycles. The van der Waals surface area contributed by atoms with E-state index in [1.807, 2.05) is 43.3 Å². The van der Waals surface area contributed by atoms with Gasteiger partial charge >= 0.3 is 11.7 Å². The van der Waals surface area contributed by atoms with Crippen LogP contribution in [0.5, 0.6) is 0 Å². The van der Waals surface area contributed by atoms with Crippen LogP contribution in [0, 0.1) is 6.92 Å². The van der Waals surface area contributed by atoms with Crippen LogP contribution in [0.1, 0.15) is 12.0 Å². The first-order valence-corrected chi connectivity index (χ1v) is 9.52. The predicted molar refractivity (Wildman–Crippen MR) is 110 cm³/mol. The number of hydrogen-bond acceptors (Lipinski definition) is 4. The molecule has 28 heavy (non-hydrogen) atoms. The first kappa shape index (κ1) is 19.9. The summed E-state index contributed by atoms with van der Waals surface area (Å²) in [4.78, 5) is 36.3. The number of aryl methyl sites for hydroxylation is 3. The van der Waals surface area contributed by atoms with E-state index in [0.29, 0.717) is 5.69 Å². The number of esters is 1. The lowest BCUT2D eigenvalue weighted by Gasteiger charge is -2.08. The average Bonchev–Trinajstić information content (AvgIpc) is 2.92. The van der Waals surface area contributed by atoms with Crippen LogP contribution in [0.3, 0.4) is 0 Å². The van der Waals surface area contributed by atoms with Crippen LogP contribution < -0.4 is 11.0 Å². The fourth-order valence-electron chi connectivity index (χ4n) is 2.92. The smallest absolute Gasteiger partial charge is 0.328 e. The topological polar surface area (TPSA) is 82.3 Å². The maximum absolute atomic E-state index is 12.3. The minimum atomic E-state index is -0.540. The Kier molecular flexibility index (Phi) is 5.99. The van der Waals surface area contributed by atoms with Crippen molar-refractivity contribution in [2.75, 3.05) is 11.9 Å². The van der Waals surface area contributed by atoms with Gasteiger partial charge in [0.15, 0.2) is 6.61 Å². The fraction of sp³-hybridized carbons (Fsp3) is 0.250. The number of fused-ring (bicyclic) bond motifs is 1. The second kappa shape index (κ2) is 8.43. The molecule has 0 saturated heterocycles. The average molecular weight is 446 g/mol. The predicted octanol–water partition coefficient (Wildman–Crippen LogP) is 2.98. The van der Waals surface area contributed by atoms with E-state index in [4.69, 9.17) is 4.74 Å². The molecular formula is C20H20BrN3O4. The largest absolute Gasteiger partial charge is 0.456 e. The van der Waals surface area contributed by atoms with Gasteiger partial charge in [0, 0.05) is 23.8 Å². The molecule has 0 saturated carbocycles. The van der Waals surface area contributed by atoms with E-state index in [0.717, 1.165) is 21.1 Å². The third-order valence-electron chi connectivity index (χ3n) is 4.40. The molecule has 8 heteroatoms. The second-order valence-corrected chi connectivity index (χ2v) is 7.26. The highest BCUT2D eigenvalue weighted by Crippen LogP contribution is 2.20. The Hall–Kier alpha value is -2.87. The van der Waals surface area contributed by atoms with Crippen LogP contribution in [-0.2, 0) is 27.9 Å². The van der Waals surface area contributed by atoms with E-state index in [1.54, 1.807) is 13.1 Å². The molecule has 7 nitrogen and oxygen atoms in total. The van der Waals surface area contributed by atoms with Crippen molar-refractivity contribution < 1.29 is 14.3 Å². The number of anilines is 1. The van der Waals surface area contributed by atoms with Crippen molar-refractivity contribution in [3.8, 4) is 0 Å². The van der Waals surface area contributed by atoms with Gasteiger partial charge in [0.1, 0.15) is 0 Å². The van der Waals surface area contributed by atoms with Gasteiger partial charge in [-0.05, 0) is 42.8 Å². The van der Waals surface area contributed by atoms with Gasteiger partial charge < -0.3 is 10.1 Å². The second-order valence-electron chi connectivity index (χ2n) is 6.40. The highest BCUT2D eigenvalue weighted by atomic mass is 79.9. The summed E-state index contributed by atoms with van der Waals surface area (Å²) in [6.45, 7) is 1.72. The number of amides is 1. The van der Waals surface area contributed by atoms with Crippen LogP contribution in [-0.4, -0.2) is 27.6 Å². The number of imidazole rings is 1. The van der Waals surface area contributed by atoms with Gasteiger partial charge in [0.05, 0.1) is 17.5 Å². The summed E-state index contributed by atoms with van der Waals surface area (Å²) in [7, 11) is 1.69. The summed E-state index contributed by atoms with van der Waals surface area (Å²) in [5, 5.41) is 2.68. The summed E-state index contributed by atoms with van der Waals surface area (Å²) >= 11 is 3.40. The Balaban J connectivity index is 1.54. The van der Waals surface area contributed by atoms with Gasteiger partial charge in [0.25, 0.3) is 5.91 Å². The van der Waals surface area contributed by atoms with Crippen LogP contribution in [0.25, 0.3) is 11.0 Å². The van der Waals surface area contributed by atoms with Crippen LogP contribution in [0.2, 0.25) is 0 Å². The molecule has 3 aromatic rings. The Morgan fingerprint density at radius 3 is 2.57 bits per heavy atom. The number of rotatable bonds is 6. The number of aromatic nitrogens is 2. The van der Waals surface area contributed by atoms with E-state index in [9.17, 15) is 14.4 Å². The molecule has 0 unspecified atom stereocenters. The van der Waals surface area contributed by atoms with Crippen LogP contribution >= 0.6 is 15.9 Å². The third-order valence-corrected chi connectivity index (χ3v) is 5.29. The summed E-state index contributed by atoms with van der Waals surface area (Å²) in [6, 6.07) is 12.8. The molecule has 0 bridgehead atoms. The number of nitrogens with zero attached hydrogens (tertiary/aromatic N) is 2. The van der Waals surface area contributed by atoms with E-state index in [2.05, 4.69) is 21.2 Å². The Morgan fingerprint density at radius 1 is 1.14 bits per heavy atom. The molecule has 1 N–H and O–H groups in total.